The van der Waals surface area contributed by atoms with E-state index in [1.54, 1.807) is 19.5 Å². The zero-order valence-electron chi connectivity index (χ0n) is 19.5. The fraction of sp³-hybridized carbons (Fsp3) is 0.370. The van der Waals surface area contributed by atoms with E-state index in [1.165, 1.54) is 0 Å². The van der Waals surface area contributed by atoms with Crippen molar-refractivity contribution in [3.8, 4) is 11.5 Å². The summed E-state index contributed by atoms with van der Waals surface area (Å²) in [6, 6.07) is 17.8. The van der Waals surface area contributed by atoms with Crippen LogP contribution >= 0.6 is 15.9 Å². The van der Waals surface area contributed by atoms with Crippen LogP contribution in [0.25, 0.3) is 0 Å². The van der Waals surface area contributed by atoms with Crippen LogP contribution in [0.2, 0.25) is 0 Å². The first kappa shape index (κ1) is 23.3. The van der Waals surface area contributed by atoms with Gasteiger partial charge in [0, 0.05) is 22.9 Å². The molecule has 0 amide bonds. The Bertz CT molecular complexity index is 1180. The third-order valence-electron chi connectivity index (χ3n) is 7.51. The number of rotatable bonds is 6. The molecule has 2 N–H and O–H groups in total. The Balaban J connectivity index is 1.84. The van der Waals surface area contributed by atoms with E-state index in [4.69, 9.17) is 9.47 Å². The van der Waals surface area contributed by atoms with E-state index >= 15 is 0 Å². The molecule has 1 aliphatic heterocycles. The molecule has 0 spiro atoms. The minimum atomic E-state index is -1.76. The predicted octanol–water partition coefficient (Wildman–Crippen LogP) is 4.05. The number of halogens is 1. The molecule has 2 heterocycles. The second kappa shape index (κ2) is 8.64. The molecule has 1 saturated carbocycles. The van der Waals surface area contributed by atoms with E-state index in [1.807, 2.05) is 61.6 Å². The number of hydrogen-bond donors (Lipinski definition) is 2. The molecule has 1 aromatic heterocycles. The molecule has 1 fully saturated rings. The van der Waals surface area contributed by atoms with Crippen LogP contribution in [0, 0.1) is 5.92 Å². The Morgan fingerprint density at radius 3 is 2.47 bits per heavy atom. The van der Waals surface area contributed by atoms with E-state index in [2.05, 4.69) is 32.7 Å². The average molecular weight is 525 g/mol. The zero-order chi connectivity index (χ0) is 24.1. The van der Waals surface area contributed by atoms with Gasteiger partial charge >= 0.3 is 0 Å². The summed E-state index contributed by atoms with van der Waals surface area (Å²) in [6.45, 7) is 3.49. The van der Waals surface area contributed by atoms with Gasteiger partial charge in [-0.3, -0.25) is 4.98 Å². The molecule has 2 unspecified atom stereocenters. The van der Waals surface area contributed by atoms with E-state index in [-0.39, 0.29) is 11.8 Å². The van der Waals surface area contributed by atoms with Gasteiger partial charge in [-0.25, -0.2) is 0 Å². The number of aliphatic hydroxyl groups is 2. The Labute approximate surface area is 208 Å². The number of pyridine rings is 1. The first-order valence-corrected chi connectivity index (χ1v) is 12.3. The van der Waals surface area contributed by atoms with Gasteiger partial charge in [0.2, 0.25) is 0 Å². The number of ether oxygens (including phenoxy) is 2. The Morgan fingerprint density at radius 1 is 1.12 bits per heavy atom. The third-order valence-corrected chi connectivity index (χ3v) is 8.04. The van der Waals surface area contributed by atoms with Gasteiger partial charge in [-0.1, -0.05) is 65.3 Å². The van der Waals surface area contributed by atoms with Crippen molar-refractivity contribution >= 4 is 15.9 Å². The Hall–Kier alpha value is -2.45. The average Bonchev–Trinajstić information content (AvgIpc) is 3.23. The van der Waals surface area contributed by atoms with Gasteiger partial charge in [0.05, 0.1) is 31.2 Å². The van der Waals surface area contributed by atoms with Gasteiger partial charge in [-0.15, -0.1) is 0 Å². The molecule has 3 aromatic rings. The molecule has 5 rings (SSSR count). The van der Waals surface area contributed by atoms with Crippen LogP contribution < -0.4 is 9.47 Å². The van der Waals surface area contributed by atoms with E-state index < -0.39 is 17.3 Å². The highest BCUT2D eigenvalue weighted by Gasteiger charge is 2.76. The van der Waals surface area contributed by atoms with Crippen LogP contribution in [-0.4, -0.2) is 53.4 Å². The van der Waals surface area contributed by atoms with Gasteiger partial charge in [0.1, 0.15) is 11.5 Å². The summed E-state index contributed by atoms with van der Waals surface area (Å²) < 4.78 is 13.3. The highest BCUT2D eigenvalue weighted by molar-refractivity contribution is 9.10. The van der Waals surface area contributed by atoms with Crippen molar-refractivity contribution in [3.05, 3.63) is 88.2 Å². The number of benzene rings is 2. The lowest BCUT2D eigenvalue weighted by atomic mass is 9.70. The molecule has 178 valence electrons. The normalized spacial score (nSPS) is 29.6. The lowest BCUT2D eigenvalue weighted by molar-refractivity contribution is -0.152. The molecule has 0 saturated heterocycles. The molecule has 5 atom stereocenters. The summed E-state index contributed by atoms with van der Waals surface area (Å²) in [7, 11) is 3.57. The van der Waals surface area contributed by atoms with E-state index in [9.17, 15) is 10.2 Å². The van der Waals surface area contributed by atoms with Crippen molar-refractivity contribution in [3.63, 3.8) is 0 Å². The van der Waals surface area contributed by atoms with Crippen LogP contribution in [0.3, 0.4) is 0 Å². The minimum Gasteiger partial charge on any atom is -0.495 e. The molecule has 7 heteroatoms. The standard InChI is InChI=1S/C27H29BrN2O4/c1-4-30(2)16-20-23(17-8-6-5-7-9-17)27(18-10-12-19(28)13-11-18)26(32,25(20)31)24-21(33-3)14-29-15-22(24)34-27/h5-15,20,23,25,31-32H,4,16H2,1-3H3/t20?,23?,25-,26+,27+/m1/s1. The van der Waals surface area contributed by atoms with Crippen molar-refractivity contribution in [2.75, 3.05) is 27.2 Å². The maximum atomic E-state index is 12.7. The monoisotopic (exact) mass is 524 g/mol. The van der Waals surface area contributed by atoms with Crippen molar-refractivity contribution in [1.29, 1.82) is 0 Å². The first-order valence-electron chi connectivity index (χ1n) is 11.5. The van der Waals surface area contributed by atoms with Gasteiger partial charge in [-0.2, -0.15) is 0 Å². The number of aliphatic hydroxyl groups excluding tert-OH is 1. The summed E-state index contributed by atoms with van der Waals surface area (Å²) in [4.78, 5) is 6.43. The SMILES string of the molecule is CCN(C)CC1C(c2ccccc2)[C@]2(c3ccc(Br)cc3)Oc3cncc(OC)c3[C@]2(O)[C@@H]1O. The largest absolute Gasteiger partial charge is 0.495 e. The molecular formula is C27H29BrN2O4. The van der Waals surface area contributed by atoms with Crippen LogP contribution in [0.1, 0.15) is 29.5 Å². The number of nitrogens with zero attached hydrogens (tertiary/aromatic N) is 2. The molecule has 0 radical (unpaired) electrons. The quantitative estimate of drug-likeness (QED) is 0.506. The van der Waals surface area contributed by atoms with Crippen LogP contribution in [-0.2, 0) is 11.2 Å². The highest BCUT2D eigenvalue weighted by Crippen LogP contribution is 2.69. The van der Waals surface area contributed by atoms with Crippen molar-refractivity contribution in [2.45, 2.75) is 30.1 Å². The summed E-state index contributed by atoms with van der Waals surface area (Å²) in [5.41, 5.74) is -0.819. The molecular weight excluding hydrogens is 496 g/mol. The summed E-state index contributed by atoms with van der Waals surface area (Å²) >= 11 is 3.53. The second-order valence-electron chi connectivity index (χ2n) is 9.18. The highest BCUT2D eigenvalue weighted by atomic mass is 79.9. The summed E-state index contributed by atoms with van der Waals surface area (Å²) in [5, 5.41) is 24.7. The molecule has 2 aliphatic rings. The van der Waals surface area contributed by atoms with Crippen molar-refractivity contribution in [2.24, 2.45) is 5.92 Å². The topological polar surface area (TPSA) is 75.1 Å². The van der Waals surface area contributed by atoms with Crippen molar-refractivity contribution < 1.29 is 19.7 Å². The fourth-order valence-electron chi connectivity index (χ4n) is 5.92. The van der Waals surface area contributed by atoms with E-state index in [0.717, 1.165) is 22.1 Å². The van der Waals surface area contributed by atoms with Crippen LogP contribution in [0.4, 0.5) is 0 Å². The van der Waals surface area contributed by atoms with E-state index in [0.29, 0.717) is 23.6 Å². The summed E-state index contributed by atoms with van der Waals surface area (Å²) in [5.74, 6) is 0.161. The van der Waals surface area contributed by atoms with Gasteiger partial charge < -0.3 is 24.6 Å². The van der Waals surface area contributed by atoms with Gasteiger partial charge in [-0.05, 0) is 36.9 Å². The van der Waals surface area contributed by atoms with Crippen molar-refractivity contribution in [1.82, 2.24) is 9.88 Å². The predicted molar refractivity (Wildman–Crippen MR) is 133 cm³/mol. The molecule has 6 nitrogen and oxygen atoms in total. The maximum absolute atomic E-state index is 12.7. The fourth-order valence-corrected chi connectivity index (χ4v) is 6.19. The number of hydrogen-bond acceptors (Lipinski definition) is 6. The number of aromatic nitrogens is 1. The van der Waals surface area contributed by atoms with Crippen LogP contribution in [0.5, 0.6) is 11.5 Å². The lowest BCUT2D eigenvalue weighted by Crippen LogP contribution is -2.52. The molecule has 2 aromatic carbocycles. The molecule has 1 aliphatic carbocycles. The summed E-state index contributed by atoms with van der Waals surface area (Å²) in [6.07, 6.45) is 2.04. The third kappa shape index (κ3) is 3.14. The number of fused-ring (bicyclic) bond motifs is 3. The van der Waals surface area contributed by atoms with Crippen LogP contribution in [0.15, 0.2) is 71.5 Å². The number of methoxy groups -OCH3 is 1. The zero-order valence-corrected chi connectivity index (χ0v) is 21.1. The van der Waals surface area contributed by atoms with Gasteiger partial charge in [0.15, 0.2) is 11.2 Å². The second-order valence-corrected chi connectivity index (χ2v) is 10.1. The minimum absolute atomic E-state index is 0.313. The molecule has 34 heavy (non-hydrogen) atoms. The molecule has 0 bridgehead atoms. The lowest BCUT2D eigenvalue weighted by Gasteiger charge is -2.41. The smallest absolute Gasteiger partial charge is 0.177 e. The first-order chi connectivity index (χ1) is 16.4. The van der Waals surface area contributed by atoms with Gasteiger partial charge in [0.25, 0.3) is 0 Å². The Morgan fingerprint density at radius 2 is 1.82 bits per heavy atom. The maximum Gasteiger partial charge on any atom is 0.177 e. The Kier molecular flexibility index (Phi) is 5.92.